The first-order valence-corrected chi connectivity index (χ1v) is 6.01. The highest BCUT2D eigenvalue weighted by Crippen LogP contribution is 2.20. The molecule has 0 aliphatic carbocycles. The Morgan fingerprint density at radius 3 is 3.00 bits per heavy atom. The Kier molecular flexibility index (Phi) is 4.28. The van der Waals surface area contributed by atoms with E-state index in [0.29, 0.717) is 24.9 Å². The van der Waals surface area contributed by atoms with E-state index >= 15 is 0 Å². The minimum atomic E-state index is -0.435. The summed E-state index contributed by atoms with van der Waals surface area (Å²) in [6.45, 7) is 0.505. The van der Waals surface area contributed by atoms with Gasteiger partial charge in [-0.2, -0.15) is 0 Å². The number of benzene rings is 1. The molecule has 1 heterocycles. The van der Waals surface area contributed by atoms with Crippen LogP contribution in [0.5, 0.6) is 0 Å². The summed E-state index contributed by atoms with van der Waals surface area (Å²) in [6.07, 6.45) is 3.10. The second-order valence-corrected chi connectivity index (χ2v) is 4.33. The quantitative estimate of drug-likeness (QED) is 0.904. The van der Waals surface area contributed by atoms with Gasteiger partial charge < -0.3 is 5.11 Å². The Balaban J connectivity index is 2.09. The van der Waals surface area contributed by atoms with E-state index in [-0.39, 0.29) is 11.6 Å². The first-order valence-electron chi connectivity index (χ1n) is 5.63. The predicted octanol–water partition coefficient (Wildman–Crippen LogP) is 2.04. The molecule has 0 atom stereocenters. The van der Waals surface area contributed by atoms with E-state index in [2.05, 4.69) is 10.3 Å². The summed E-state index contributed by atoms with van der Waals surface area (Å²) in [4.78, 5) is 0. The lowest BCUT2D eigenvalue weighted by molar-refractivity contribution is 0.288. The highest BCUT2D eigenvalue weighted by molar-refractivity contribution is 6.31. The normalized spacial score (nSPS) is 10.8. The van der Waals surface area contributed by atoms with Crippen molar-refractivity contribution in [3.8, 4) is 0 Å². The molecule has 4 nitrogen and oxygen atoms in total. The highest BCUT2D eigenvalue weighted by Gasteiger charge is 2.07. The van der Waals surface area contributed by atoms with Gasteiger partial charge in [0.1, 0.15) is 5.82 Å². The molecular weight excluding hydrogens is 257 g/mol. The lowest BCUT2D eigenvalue weighted by Gasteiger charge is -2.04. The number of aryl methyl sites for hydroxylation is 1. The molecule has 2 rings (SSSR count). The monoisotopic (exact) mass is 269 g/mol. The molecule has 0 unspecified atom stereocenters. The number of rotatable bonds is 5. The van der Waals surface area contributed by atoms with Crippen molar-refractivity contribution in [1.82, 2.24) is 15.0 Å². The summed E-state index contributed by atoms with van der Waals surface area (Å²) < 4.78 is 14.9. The van der Waals surface area contributed by atoms with Gasteiger partial charge in [0.05, 0.1) is 17.3 Å². The Bertz CT molecular complexity index is 530. The Morgan fingerprint density at radius 2 is 2.22 bits per heavy atom. The maximum atomic E-state index is 13.2. The lowest BCUT2D eigenvalue weighted by atomic mass is 10.2. The molecule has 0 fully saturated rings. The molecule has 0 radical (unpaired) electrons. The standard InChI is InChI=1S/C12H13ClFN3O/c13-12-9(3-1-5-11(12)14)7-17-8-10(15-16-17)4-2-6-18/h1,3,5,8,18H,2,4,6-7H2. The van der Waals surface area contributed by atoms with Crippen LogP contribution in [0, 0.1) is 5.82 Å². The number of aliphatic hydroxyl groups excluding tert-OH is 1. The molecule has 0 aliphatic heterocycles. The van der Waals surface area contributed by atoms with Crippen molar-refractivity contribution in [1.29, 1.82) is 0 Å². The zero-order valence-electron chi connectivity index (χ0n) is 9.68. The number of hydrogen-bond donors (Lipinski definition) is 1. The van der Waals surface area contributed by atoms with E-state index in [1.54, 1.807) is 23.0 Å². The molecule has 0 saturated heterocycles. The molecule has 2 aromatic rings. The van der Waals surface area contributed by atoms with Gasteiger partial charge in [-0.1, -0.05) is 28.9 Å². The van der Waals surface area contributed by atoms with Crippen LogP contribution in [0.25, 0.3) is 0 Å². The maximum absolute atomic E-state index is 13.2. The Morgan fingerprint density at radius 1 is 1.39 bits per heavy atom. The van der Waals surface area contributed by atoms with Gasteiger partial charge in [0.15, 0.2) is 0 Å². The Labute approximate surface area is 109 Å². The number of aromatic nitrogens is 3. The minimum absolute atomic E-state index is 0.116. The largest absolute Gasteiger partial charge is 0.396 e. The van der Waals surface area contributed by atoms with Gasteiger partial charge in [0.2, 0.25) is 0 Å². The fraction of sp³-hybridized carbons (Fsp3) is 0.333. The first kappa shape index (κ1) is 13.0. The van der Waals surface area contributed by atoms with Crippen molar-refractivity contribution in [2.24, 2.45) is 0 Å². The van der Waals surface area contributed by atoms with Crippen LogP contribution in [0.4, 0.5) is 4.39 Å². The zero-order valence-corrected chi connectivity index (χ0v) is 10.4. The van der Waals surface area contributed by atoms with E-state index in [9.17, 15) is 4.39 Å². The maximum Gasteiger partial charge on any atom is 0.142 e. The molecule has 96 valence electrons. The van der Waals surface area contributed by atoms with E-state index in [4.69, 9.17) is 16.7 Å². The molecule has 0 bridgehead atoms. The highest BCUT2D eigenvalue weighted by atomic mass is 35.5. The number of hydrogen-bond acceptors (Lipinski definition) is 3. The van der Waals surface area contributed by atoms with E-state index in [1.807, 2.05) is 0 Å². The summed E-state index contributed by atoms with van der Waals surface area (Å²) in [7, 11) is 0. The van der Waals surface area contributed by atoms with Crippen molar-refractivity contribution in [3.63, 3.8) is 0 Å². The van der Waals surface area contributed by atoms with Crippen LogP contribution in [0.3, 0.4) is 0 Å². The smallest absolute Gasteiger partial charge is 0.142 e. The van der Waals surface area contributed by atoms with E-state index < -0.39 is 5.82 Å². The molecule has 0 spiro atoms. The fourth-order valence-electron chi connectivity index (χ4n) is 1.64. The van der Waals surface area contributed by atoms with Gasteiger partial charge >= 0.3 is 0 Å². The summed E-state index contributed by atoms with van der Waals surface area (Å²) in [5.41, 5.74) is 1.46. The van der Waals surface area contributed by atoms with E-state index in [0.717, 1.165) is 5.69 Å². The van der Waals surface area contributed by atoms with Crippen LogP contribution in [0.2, 0.25) is 5.02 Å². The molecule has 1 N–H and O–H groups in total. The molecule has 18 heavy (non-hydrogen) atoms. The van der Waals surface area contributed by atoms with Crippen LogP contribution in [0.15, 0.2) is 24.4 Å². The average molecular weight is 270 g/mol. The van der Waals surface area contributed by atoms with Gasteiger partial charge in [0, 0.05) is 12.8 Å². The van der Waals surface area contributed by atoms with Gasteiger partial charge in [0.25, 0.3) is 0 Å². The lowest BCUT2D eigenvalue weighted by Crippen LogP contribution is -2.01. The average Bonchev–Trinajstić information content (AvgIpc) is 2.80. The van der Waals surface area contributed by atoms with E-state index in [1.165, 1.54) is 6.07 Å². The number of halogens is 2. The van der Waals surface area contributed by atoms with Crippen molar-refractivity contribution in [2.45, 2.75) is 19.4 Å². The van der Waals surface area contributed by atoms with Gasteiger partial charge in [-0.05, 0) is 24.5 Å². The topological polar surface area (TPSA) is 50.9 Å². The van der Waals surface area contributed by atoms with Crippen molar-refractivity contribution < 1.29 is 9.50 Å². The predicted molar refractivity (Wildman–Crippen MR) is 65.9 cm³/mol. The van der Waals surface area contributed by atoms with Crippen molar-refractivity contribution in [3.05, 3.63) is 46.5 Å². The van der Waals surface area contributed by atoms with Gasteiger partial charge in [-0.25, -0.2) is 9.07 Å². The first-order chi connectivity index (χ1) is 8.70. The third-order valence-electron chi connectivity index (χ3n) is 2.54. The SMILES string of the molecule is OCCCc1cn(Cc2cccc(F)c2Cl)nn1. The van der Waals surface area contributed by atoms with Crippen LogP contribution < -0.4 is 0 Å². The molecule has 6 heteroatoms. The van der Waals surface area contributed by atoms with Gasteiger partial charge in [-0.3, -0.25) is 0 Å². The van der Waals surface area contributed by atoms with Crippen LogP contribution in [0.1, 0.15) is 17.7 Å². The van der Waals surface area contributed by atoms with Crippen molar-refractivity contribution in [2.75, 3.05) is 6.61 Å². The number of nitrogens with zero attached hydrogens (tertiary/aromatic N) is 3. The summed E-state index contributed by atoms with van der Waals surface area (Å²) in [5, 5.41) is 16.7. The zero-order chi connectivity index (χ0) is 13.0. The van der Waals surface area contributed by atoms with Crippen LogP contribution in [-0.2, 0) is 13.0 Å². The molecular formula is C12H13ClFN3O. The minimum Gasteiger partial charge on any atom is -0.396 e. The third-order valence-corrected chi connectivity index (χ3v) is 2.96. The van der Waals surface area contributed by atoms with Crippen LogP contribution in [-0.4, -0.2) is 26.7 Å². The number of aliphatic hydroxyl groups is 1. The second kappa shape index (κ2) is 5.93. The molecule has 1 aromatic heterocycles. The molecule has 0 saturated carbocycles. The molecule has 1 aromatic carbocycles. The summed E-state index contributed by atoms with van der Waals surface area (Å²) >= 11 is 5.86. The summed E-state index contributed by atoms with van der Waals surface area (Å²) in [5.74, 6) is -0.435. The van der Waals surface area contributed by atoms with Gasteiger partial charge in [-0.15, -0.1) is 5.10 Å². The second-order valence-electron chi connectivity index (χ2n) is 3.95. The fourth-order valence-corrected chi connectivity index (χ4v) is 1.82. The molecule has 0 aliphatic rings. The van der Waals surface area contributed by atoms with Crippen LogP contribution >= 0.6 is 11.6 Å². The summed E-state index contributed by atoms with van der Waals surface area (Å²) in [6, 6.07) is 4.68. The Hall–Kier alpha value is -1.46. The third kappa shape index (κ3) is 3.05. The van der Waals surface area contributed by atoms with Crippen molar-refractivity contribution >= 4 is 11.6 Å². The molecule has 0 amide bonds.